The van der Waals surface area contributed by atoms with E-state index in [0.29, 0.717) is 28.5 Å². The summed E-state index contributed by atoms with van der Waals surface area (Å²) >= 11 is 0. The summed E-state index contributed by atoms with van der Waals surface area (Å²) in [4.78, 5) is 19.6. The fourth-order valence-electron chi connectivity index (χ4n) is 3.75. The number of hydrogen-bond donors (Lipinski definition) is 1. The average molecular weight is 419 g/mol. The molecule has 0 saturated heterocycles. The summed E-state index contributed by atoms with van der Waals surface area (Å²) in [5.41, 5.74) is 3.73. The van der Waals surface area contributed by atoms with Crippen LogP contribution in [0, 0.1) is 0 Å². The minimum atomic E-state index is -0.291. The molecule has 7 heteroatoms. The molecule has 2 aromatic carbocycles. The van der Waals surface area contributed by atoms with Crippen molar-refractivity contribution in [2.24, 2.45) is 0 Å². The molecule has 1 amide bonds. The Hall–Kier alpha value is -3.74. The number of aromatic nitrogens is 1. The normalized spacial score (nSPS) is 12.7. The van der Waals surface area contributed by atoms with Gasteiger partial charge in [0.25, 0.3) is 5.91 Å². The molecule has 31 heavy (non-hydrogen) atoms. The second-order valence-electron chi connectivity index (χ2n) is 7.21. The van der Waals surface area contributed by atoms with Crippen LogP contribution in [-0.4, -0.2) is 38.8 Å². The van der Waals surface area contributed by atoms with Gasteiger partial charge in [-0.05, 0) is 41.8 Å². The SMILES string of the molecule is COc1cc(C(=O)Nc2ccc(N3CCc4ccccc4C3)nc2)cc(OC)c1OC. The van der Waals surface area contributed by atoms with Gasteiger partial charge in [-0.3, -0.25) is 4.79 Å². The summed E-state index contributed by atoms with van der Waals surface area (Å²) in [6.07, 6.45) is 2.67. The van der Waals surface area contributed by atoms with Crippen molar-refractivity contribution in [3.8, 4) is 17.2 Å². The number of benzene rings is 2. The Balaban J connectivity index is 1.48. The van der Waals surface area contributed by atoms with Gasteiger partial charge in [-0.15, -0.1) is 0 Å². The highest BCUT2D eigenvalue weighted by molar-refractivity contribution is 6.05. The predicted molar refractivity (Wildman–Crippen MR) is 119 cm³/mol. The van der Waals surface area contributed by atoms with Crippen LogP contribution < -0.4 is 24.4 Å². The number of amides is 1. The minimum absolute atomic E-state index is 0.291. The number of ether oxygens (including phenoxy) is 3. The quantitative estimate of drug-likeness (QED) is 0.653. The first-order valence-corrected chi connectivity index (χ1v) is 10.0. The Bertz CT molecular complexity index is 1060. The third-order valence-corrected chi connectivity index (χ3v) is 5.39. The number of fused-ring (bicyclic) bond motifs is 1. The van der Waals surface area contributed by atoms with E-state index in [9.17, 15) is 4.79 Å². The molecule has 1 aliphatic rings. The lowest BCUT2D eigenvalue weighted by molar-refractivity contribution is 0.102. The van der Waals surface area contributed by atoms with Crippen LogP contribution in [-0.2, 0) is 13.0 Å². The van der Waals surface area contributed by atoms with E-state index in [1.165, 1.54) is 32.5 Å². The fourth-order valence-corrected chi connectivity index (χ4v) is 3.75. The highest BCUT2D eigenvalue weighted by atomic mass is 16.5. The Morgan fingerprint density at radius 2 is 1.68 bits per heavy atom. The van der Waals surface area contributed by atoms with Gasteiger partial charge in [-0.1, -0.05) is 24.3 Å². The number of methoxy groups -OCH3 is 3. The smallest absolute Gasteiger partial charge is 0.255 e. The second-order valence-corrected chi connectivity index (χ2v) is 7.21. The van der Waals surface area contributed by atoms with E-state index in [4.69, 9.17) is 14.2 Å². The van der Waals surface area contributed by atoms with E-state index in [-0.39, 0.29) is 5.91 Å². The van der Waals surface area contributed by atoms with Gasteiger partial charge in [0.15, 0.2) is 11.5 Å². The molecular formula is C24H25N3O4. The molecule has 7 nitrogen and oxygen atoms in total. The van der Waals surface area contributed by atoms with Crippen molar-refractivity contribution in [1.29, 1.82) is 0 Å². The molecular weight excluding hydrogens is 394 g/mol. The van der Waals surface area contributed by atoms with Gasteiger partial charge in [-0.25, -0.2) is 4.98 Å². The van der Waals surface area contributed by atoms with Crippen molar-refractivity contribution in [1.82, 2.24) is 4.98 Å². The summed E-state index contributed by atoms with van der Waals surface area (Å²) < 4.78 is 16.0. The maximum absolute atomic E-state index is 12.8. The summed E-state index contributed by atoms with van der Waals surface area (Å²) in [6, 6.07) is 15.5. The van der Waals surface area contributed by atoms with Crippen LogP contribution in [0.4, 0.5) is 11.5 Å². The van der Waals surface area contributed by atoms with Crippen molar-refractivity contribution >= 4 is 17.4 Å². The fraction of sp³-hybridized carbons (Fsp3) is 0.250. The van der Waals surface area contributed by atoms with Crippen LogP contribution in [0.2, 0.25) is 0 Å². The largest absolute Gasteiger partial charge is 0.493 e. The zero-order chi connectivity index (χ0) is 21.8. The number of anilines is 2. The van der Waals surface area contributed by atoms with Gasteiger partial charge in [0.1, 0.15) is 5.82 Å². The lowest BCUT2D eigenvalue weighted by Crippen LogP contribution is -2.30. The minimum Gasteiger partial charge on any atom is -0.493 e. The van der Waals surface area contributed by atoms with Crippen molar-refractivity contribution in [3.05, 3.63) is 71.4 Å². The molecule has 0 atom stereocenters. The number of carbonyl (C=O) groups is 1. The number of pyridine rings is 1. The number of nitrogens with zero attached hydrogens (tertiary/aromatic N) is 2. The zero-order valence-corrected chi connectivity index (χ0v) is 17.8. The Labute approximate surface area is 181 Å². The molecule has 2 heterocycles. The first kappa shape index (κ1) is 20.5. The van der Waals surface area contributed by atoms with E-state index >= 15 is 0 Å². The maximum atomic E-state index is 12.8. The van der Waals surface area contributed by atoms with Crippen LogP contribution in [0.5, 0.6) is 17.2 Å². The molecule has 160 valence electrons. The molecule has 0 spiro atoms. The van der Waals surface area contributed by atoms with Crippen molar-refractivity contribution < 1.29 is 19.0 Å². The highest BCUT2D eigenvalue weighted by Crippen LogP contribution is 2.38. The van der Waals surface area contributed by atoms with E-state index in [1.54, 1.807) is 18.3 Å². The third-order valence-electron chi connectivity index (χ3n) is 5.39. The molecule has 0 unspecified atom stereocenters. The molecule has 1 aliphatic heterocycles. The molecule has 1 N–H and O–H groups in total. The molecule has 1 aromatic heterocycles. The van der Waals surface area contributed by atoms with E-state index in [1.807, 2.05) is 12.1 Å². The molecule has 0 radical (unpaired) electrons. The Morgan fingerprint density at radius 1 is 0.968 bits per heavy atom. The maximum Gasteiger partial charge on any atom is 0.255 e. The van der Waals surface area contributed by atoms with E-state index in [2.05, 4.69) is 39.5 Å². The zero-order valence-electron chi connectivity index (χ0n) is 17.8. The standard InChI is InChI=1S/C24H25N3O4/c1-29-20-12-18(13-21(30-2)23(20)31-3)24(28)26-19-8-9-22(25-14-19)27-11-10-16-6-4-5-7-17(16)15-27/h4-9,12-14H,10-11,15H2,1-3H3,(H,26,28). The second kappa shape index (κ2) is 8.95. The highest BCUT2D eigenvalue weighted by Gasteiger charge is 2.19. The van der Waals surface area contributed by atoms with Crippen LogP contribution in [0.1, 0.15) is 21.5 Å². The molecule has 4 rings (SSSR count). The summed E-state index contributed by atoms with van der Waals surface area (Å²) in [7, 11) is 4.55. The van der Waals surface area contributed by atoms with Crippen molar-refractivity contribution in [2.75, 3.05) is 38.1 Å². The van der Waals surface area contributed by atoms with Crippen molar-refractivity contribution in [3.63, 3.8) is 0 Å². The van der Waals surface area contributed by atoms with Gasteiger partial charge in [-0.2, -0.15) is 0 Å². The Kier molecular flexibility index (Phi) is 5.93. The topological polar surface area (TPSA) is 72.9 Å². The first-order valence-electron chi connectivity index (χ1n) is 10.0. The predicted octanol–water partition coefficient (Wildman–Crippen LogP) is 3.92. The molecule has 0 aliphatic carbocycles. The van der Waals surface area contributed by atoms with Gasteiger partial charge in [0.05, 0.1) is 33.2 Å². The Morgan fingerprint density at radius 3 is 2.29 bits per heavy atom. The molecule has 0 fully saturated rings. The molecule has 0 bridgehead atoms. The lowest BCUT2D eigenvalue weighted by atomic mass is 10.00. The number of rotatable bonds is 6. The van der Waals surface area contributed by atoms with Crippen LogP contribution in [0.3, 0.4) is 0 Å². The summed E-state index contributed by atoms with van der Waals surface area (Å²) in [6.45, 7) is 1.75. The number of hydrogen-bond acceptors (Lipinski definition) is 6. The average Bonchev–Trinajstić information content (AvgIpc) is 2.83. The summed E-state index contributed by atoms with van der Waals surface area (Å²) in [5.74, 6) is 1.88. The van der Waals surface area contributed by atoms with Gasteiger partial charge >= 0.3 is 0 Å². The van der Waals surface area contributed by atoms with E-state index < -0.39 is 0 Å². The molecule has 0 saturated carbocycles. The van der Waals surface area contributed by atoms with E-state index in [0.717, 1.165) is 25.3 Å². The van der Waals surface area contributed by atoms with Crippen LogP contribution in [0.15, 0.2) is 54.7 Å². The molecule has 3 aromatic rings. The summed E-state index contributed by atoms with van der Waals surface area (Å²) in [5, 5.41) is 2.87. The van der Waals surface area contributed by atoms with Gasteiger partial charge in [0.2, 0.25) is 5.75 Å². The van der Waals surface area contributed by atoms with Gasteiger partial charge < -0.3 is 24.4 Å². The monoisotopic (exact) mass is 419 g/mol. The van der Waals surface area contributed by atoms with Crippen LogP contribution >= 0.6 is 0 Å². The first-order chi connectivity index (χ1) is 15.1. The third kappa shape index (κ3) is 4.26. The lowest BCUT2D eigenvalue weighted by Gasteiger charge is -2.29. The van der Waals surface area contributed by atoms with Crippen molar-refractivity contribution in [2.45, 2.75) is 13.0 Å². The number of nitrogens with one attached hydrogen (secondary N) is 1. The van der Waals surface area contributed by atoms with Crippen LogP contribution in [0.25, 0.3) is 0 Å². The van der Waals surface area contributed by atoms with Gasteiger partial charge in [0, 0.05) is 18.7 Å². The number of carbonyl (C=O) groups excluding carboxylic acids is 1.